The molecule has 0 N–H and O–H groups in total. The molecule has 0 spiro atoms. The quantitative estimate of drug-likeness (QED) is 0.629. The molecule has 0 bridgehead atoms. The highest BCUT2D eigenvalue weighted by atomic mass is 35.5. The molecule has 0 saturated carbocycles. The summed E-state index contributed by atoms with van der Waals surface area (Å²) in [4.78, 5) is 21.8. The van der Waals surface area contributed by atoms with E-state index >= 15 is 0 Å². The van der Waals surface area contributed by atoms with E-state index in [1.165, 1.54) is 26.0 Å². The van der Waals surface area contributed by atoms with Gasteiger partial charge in [-0.15, -0.1) is 0 Å². The van der Waals surface area contributed by atoms with Crippen LogP contribution in [0.5, 0.6) is 0 Å². The van der Waals surface area contributed by atoms with Crippen LogP contribution in [-0.4, -0.2) is 11.9 Å². The van der Waals surface area contributed by atoms with E-state index in [1.807, 2.05) is 0 Å². The molecule has 4 nitrogen and oxygen atoms in total. The van der Waals surface area contributed by atoms with Crippen molar-refractivity contribution in [3.05, 3.63) is 33.8 Å². The van der Waals surface area contributed by atoms with E-state index in [2.05, 4.69) is 0 Å². The Hall–Kier alpha value is -1.26. The third-order valence-corrected chi connectivity index (χ3v) is 2.50. The second-order valence-electron chi connectivity index (χ2n) is 3.22. The fourth-order valence-corrected chi connectivity index (χ4v) is 1.43. The number of halogens is 2. The summed E-state index contributed by atoms with van der Waals surface area (Å²) in [6.07, 6.45) is -1.11. The van der Waals surface area contributed by atoms with Crippen molar-refractivity contribution < 1.29 is 19.1 Å². The maximum atomic E-state index is 10.9. The predicted octanol–water partition coefficient (Wildman–Crippen LogP) is 3.12. The molecule has 0 saturated heterocycles. The van der Waals surface area contributed by atoms with Crippen LogP contribution < -0.4 is 0 Å². The average molecular weight is 277 g/mol. The van der Waals surface area contributed by atoms with E-state index in [0.717, 1.165) is 0 Å². The Morgan fingerprint density at radius 1 is 1.06 bits per heavy atom. The number of rotatable bonds is 3. The lowest BCUT2D eigenvalue weighted by Gasteiger charge is -2.17. The highest BCUT2D eigenvalue weighted by Crippen LogP contribution is 2.28. The summed E-state index contributed by atoms with van der Waals surface area (Å²) in [5.74, 6) is -1.13. The first-order chi connectivity index (χ1) is 7.90. The SMILES string of the molecule is CC(=O)OC(OC(C)=O)c1ccc(Cl)c(Cl)c1. The highest BCUT2D eigenvalue weighted by molar-refractivity contribution is 6.42. The van der Waals surface area contributed by atoms with Gasteiger partial charge < -0.3 is 9.47 Å². The molecular weight excluding hydrogens is 267 g/mol. The molecule has 0 amide bonds. The Morgan fingerprint density at radius 3 is 2.00 bits per heavy atom. The number of carbonyl (C=O) groups excluding carboxylic acids is 2. The normalized spacial score (nSPS) is 10.2. The van der Waals surface area contributed by atoms with Crippen molar-refractivity contribution in [3.63, 3.8) is 0 Å². The minimum atomic E-state index is -1.11. The minimum absolute atomic E-state index is 0.286. The van der Waals surface area contributed by atoms with Gasteiger partial charge in [-0.3, -0.25) is 9.59 Å². The smallest absolute Gasteiger partial charge is 0.305 e. The summed E-state index contributed by atoms with van der Waals surface area (Å²) < 4.78 is 9.72. The summed E-state index contributed by atoms with van der Waals surface area (Å²) >= 11 is 11.6. The van der Waals surface area contributed by atoms with Crippen LogP contribution in [0.3, 0.4) is 0 Å². The summed E-state index contributed by atoms with van der Waals surface area (Å²) in [6.45, 7) is 2.43. The van der Waals surface area contributed by atoms with Gasteiger partial charge in [-0.2, -0.15) is 0 Å². The van der Waals surface area contributed by atoms with E-state index in [-0.39, 0.29) is 5.02 Å². The lowest BCUT2D eigenvalue weighted by atomic mass is 10.2. The first-order valence-electron chi connectivity index (χ1n) is 4.69. The van der Waals surface area contributed by atoms with Crippen LogP contribution in [0.4, 0.5) is 0 Å². The van der Waals surface area contributed by atoms with Crippen LogP contribution >= 0.6 is 23.2 Å². The van der Waals surface area contributed by atoms with Gasteiger partial charge in [0.1, 0.15) is 0 Å². The summed E-state index contributed by atoms with van der Waals surface area (Å²) in [5.41, 5.74) is 0.435. The van der Waals surface area contributed by atoms with Crippen molar-refractivity contribution in [2.75, 3.05) is 0 Å². The summed E-state index contributed by atoms with van der Waals surface area (Å²) in [5, 5.41) is 0.647. The van der Waals surface area contributed by atoms with Gasteiger partial charge in [0.15, 0.2) is 0 Å². The van der Waals surface area contributed by atoms with E-state index in [1.54, 1.807) is 6.07 Å². The van der Waals surface area contributed by atoms with Crippen molar-refractivity contribution in [2.45, 2.75) is 20.1 Å². The second-order valence-corrected chi connectivity index (χ2v) is 4.04. The molecule has 6 heteroatoms. The summed E-state index contributed by atoms with van der Waals surface area (Å²) in [6, 6.07) is 4.56. The molecule has 0 unspecified atom stereocenters. The Kier molecular flexibility index (Phi) is 4.78. The summed E-state index contributed by atoms with van der Waals surface area (Å²) in [7, 11) is 0. The molecule has 1 aromatic rings. The lowest BCUT2D eigenvalue weighted by Crippen LogP contribution is -2.14. The number of esters is 2. The molecule has 1 rings (SSSR count). The molecule has 0 heterocycles. The lowest BCUT2D eigenvalue weighted by molar-refractivity contribution is -0.186. The Balaban J connectivity index is 2.98. The number of ether oxygens (including phenoxy) is 2. The minimum Gasteiger partial charge on any atom is -0.421 e. The van der Waals surface area contributed by atoms with Crippen LogP contribution in [0, 0.1) is 0 Å². The molecule has 17 heavy (non-hydrogen) atoms. The number of hydrogen-bond acceptors (Lipinski definition) is 4. The van der Waals surface area contributed by atoms with Gasteiger partial charge in [0.05, 0.1) is 10.0 Å². The number of benzene rings is 1. The molecule has 0 aliphatic rings. The molecule has 0 fully saturated rings. The van der Waals surface area contributed by atoms with Gasteiger partial charge >= 0.3 is 11.9 Å². The Bertz CT molecular complexity index is 429. The highest BCUT2D eigenvalue weighted by Gasteiger charge is 2.18. The molecule has 1 aromatic carbocycles. The van der Waals surface area contributed by atoms with Crippen LogP contribution in [0.15, 0.2) is 18.2 Å². The predicted molar refractivity (Wildman–Crippen MR) is 62.7 cm³/mol. The average Bonchev–Trinajstić information content (AvgIpc) is 2.19. The van der Waals surface area contributed by atoms with Gasteiger partial charge in [-0.25, -0.2) is 0 Å². The van der Waals surface area contributed by atoms with Gasteiger partial charge in [0.2, 0.25) is 0 Å². The van der Waals surface area contributed by atoms with Crippen molar-refractivity contribution in [1.29, 1.82) is 0 Å². The van der Waals surface area contributed by atoms with Gasteiger partial charge in [0.25, 0.3) is 6.29 Å². The Morgan fingerprint density at radius 2 is 1.59 bits per heavy atom. The molecule has 0 radical (unpaired) electrons. The standard InChI is InChI=1S/C11H10Cl2O4/c1-6(14)16-11(17-7(2)15)8-3-4-9(12)10(13)5-8/h3-5,11H,1-2H3. The van der Waals surface area contributed by atoms with Crippen molar-refractivity contribution in [2.24, 2.45) is 0 Å². The van der Waals surface area contributed by atoms with Crippen LogP contribution in [0.2, 0.25) is 10.0 Å². The zero-order valence-corrected chi connectivity index (χ0v) is 10.7. The zero-order valence-electron chi connectivity index (χ0n) is 9.20. The maximum Gasteiger partial charge on any atom is 0.305 e. The number of hydrogen-bond donors (Lipinski definition) is 0. The molecule has 0 aliphatic carbocycles. The van der Waals surface area contributed by atoms with Crippen molar-refractivity contribution in [3.8, 4) is 0 Å². The molecule has 0 atom stereocenters. The molecule has 92 valence electrons. The fraction of sp³-hybridized carbons (Fsp3) is 0.273. The monoisotopic (exact) mass is 276 g/mol. The van der Waals surface area contributed by atoms with Crippen molar-refractivity contribution in [1.82, 2.24) is 0 Å². The van der Waals surface area contributed by atoms with Crippen LogP contribution in [0.25, 0.3) is 0 Å². The van der Waals surface area contributed by atoms with E-state index in [9.17, 15) is 9.59 Å². The van der Waals surface area contributed by atoms with Gasteiger partial charge in [-0.05, 0) is 18.2 Å². The number of carbonyl (C=O) groups is 2. The van der Waals surface area contributed by atoms with E-state index in [4.69, 9.17) is 32.7 Å². The largest absolute Gasteiger partial charge is 0.421 e. The first kappa shape index (κ1) is 13.8. The van der Waals surface area contributed by atoms with Crippen LogP contribution in [-0.2, 0) is 19.1 Å². The second kappa shape index (κ2) is 5.89. The third kappa shape index (κ3) is 4.24. The Labute approximate surface area is 108 Å². The van der Waals surface area contributed by atoms with Gasteiger partial charge in [0, 0.05) is 19.4 Å². The maximum absolute atomic E-state index is 10.9. The molecular formula is C11H10Cl2O4. The first-order valence-corrected chi connectivity index (χ1v) is 5.45. The topological polar surface area (TPSA) is 52.6 Å². The zero-order chi connectivity index (χ0) is 13.0. The van der Waals surface area contributed by atoms with Gasteiger partial charge in [-0.1, -0.05) is 23.2 Å². The van der Waals surface area contributed by atoms with Crippen molar-refractivity contribution >= 4 is 35.1 Å². The van der Waals surface area contributed by atoms with Crippen LogP contribution in [0.1, 0.15) is 25.7 Å². The molecule has 0 aromatic heterocycles. The van der Waals surface area contributed by atoms with E-state index < -0.39 is 18.2 Å². The third-order valence-electron chi connectivity index (χ3n) is 1.76. The van der Waals surface area contributed by atoms with E-state index in [0.29, 0.717) is 10.6 Å². The fourth-order valence-electron chi connectivity index (χ4n) is 1.12. The molecule has 0 aliphatic heterocycles.